The van der Waals surface area contributed by atoms with Crippen molar-refractivity contribution in [3.8, 4) is 0 Å². The average Bonchev–Trinajstić information content (AvgIpc) is 3.12. The molecule has 1 aliphatic heterocycles. The van der Waals surface area contributed by atoms with Gasteiger partial charge in [-0.15, -0.1) is 0 Å². The summed E-state index contributed by atoms with van der Waals surface area (Å²) in [5.41, 5.74) is 1.25. The number of esters is 1. The smallest absolute Gasteiger partial charge is 0.337 e. The van der Waals surface area contributed by atoms with Crippen LogP contribution in [0, 0.1) is 5.82 Å². The number of amides is 1. The van der Waals surface area contributed by atoms with Gasteiger partial charge in [0.1, 0.15) is 11.4 Å². The molecule has 1 aromatic heterocycles. The molecule has 1 aliphatic rings. The van der Waals surface area contributed by atoms with Gasteiger partial charge in [0.15, 0.2) is 5.43 Å². The molecule has 0 aliphatic carbocycles. The van der Waals surface area contributed by atoms with E-state index in [1.54, 1.807) is 30.3 Å². The zero-order valence-corrected chi connectivity index (χ0v) is 17.9. The fourth-order valence-corrected chi connectivity index (χ4v) is 4.22. The summed E-state index contributed by atoms with van der Waals surface area (Å²) in [7, 11) is 1.28. The van der Waals surface area contributed by atoms with Crippen molar-refractivity contribution in [3.05, 3.63) is 110 Å². The lowest BCUT2D eigenvalue weighted by Crippen LogP contribution is -2.29. The van der Waals surface area contributed by atoms with E-state index in [0.29, 0.717) is 21.8 Å². The van der Waals surface area contributed by atoms with E-state index < -0.39 is 29.2 Å². The number of benzene rings is 3. The van der Waals surface area contributed by atoms with Crippen LogP contribution in [0.1, 0.15) is 38.1 Å². The summed E-state index contributed by atoms with van der Waals surface area (Å²) in [4.78, 5) is 40.2. The summed E-state index contributed by atoms with van der Waals surface area (Å²) in [6.07, 6.45) is 0. The van der Waals surface area contributed by atoms with Gasteiger partial charge in [-0.3, -0.25) is 14.5 Å². The Kier molecular flexibility index (Phi) is 4.98. The first-order valence-corrected chi connectivity index (χ1v) is 10.3. The zero-order valence-electron chi connectivity index (χ0n) is 17.2. The molecule has 2 heterocycles. The number of nitrogens with zero attached hydrogens (tertiary/aromatic N) is 1. The number of fused-ring (bicyclic) bond motifs is 2. The van der Waals surface area contributed by atoms with Crippen molar-refractivity contribution >= 4 is 40.1 Å². The third-order valence-electron chi connectivity index (χ3n) is 5.58. The Morgan fingerprint density at radius 2 is 1.73 bits per heavy atom. The van der Waals surface area contributed by atoms with Crippen LogP contribution < -0.4 is 10.3 Å². The number of hydrogen-bond donors (Lipinski definition) is 0. The monoisotopic (exact) mass is 463 g/mol. The molecule has 164 valence electrons. The molecule has 8 heteroatoms. The second-order valence-corrected chi connectivity index (χ2v) is 7.92. The largest absolute Gasteiger partial charge is 0.465 e. The minimum Gasteiger partial charge on any atom is -0.465 e. The van der Waals surface area contributed by atoms with Crippen LogP contribution in [0.2, 0.25) is 5.02 Å². The van der Waals surface area contributed by atoms with Gasteiger partial charge in [0, 0.05) is 10.7 Å². The van der Waals surface area contributed by atoms with E-state index >= 15 is 0 Å². The number of halogens is 2. The van der Waals surface area contributed by atoms with Crippen LogP contribution in [0.3, 0.4) is 0 Å². The predicted octanol–water partition coefficient (Wildman–Crippen LogP) is 5.12. The van der Waals surface area contributed by atoms with Crippen LogP contribution in [0.4, 0.5) is 10.1 Å². The van der Waals surface area contributed by atoms with Gasteiger partial charge in [0.2, 0.25) is 5.76 Å². The Balaban J connectivity index is 1.76. The Morgan fingerprint density at radius 3 is 2.39 bits per heavy atom. The van der Waals surface area contributed by atoms with Crippen LogP contribution in [0.5, 0.6) is 0 Å². The highest BCUT2D eigenvalue weighted by Gasteiger charge is 2.43. The van der Waals surface area contributed by atoms with Gasteiger partial charge in [0.25, 0.3) is 5.91 Å². The van der Waals surface area contributed by atoms with E-state index in [1.165, 1.54) is 48.4 Å². The highest BCUT2D eigenvalue weighted by atomic mass is 35.5. The molecule has 1 amide bonds. The molecule has 3 aromatic carbocycles. The average molecular weight is 464 g/mol. The summed E-state index contributed by atoms with van der Waals surface area (Å²) in [6, 6.07) is 15.5. The molecule has 0 bridgehead atoms. The standard InChI is InChI=1S/C25H15ClFNO5/c1-32-25(31)14-4-2-13(3-5-14)21-20-22(29)18-12-15(26)6-11-19(18)33-23(20)24(30)28(21)17-9-7-16(27)8-10-17/h2-12,21H,1H3. The van der Waals surface area contributed by atoms with Gasteiger partial charge in [-0.05, 0) is 60.2 Å². The Labute approximate surface area is 191 Å². The van der Waals surface area contributed by atoms with Gasteiger partial charge in [-0.2, -0.15) is 0 Å². The lowest BCUT2D eigenvalue weighted by Gasteiger charge is -2.25. The van der Waals surface area contributed by atoms with Gasteiger partial charge in [-0.1, -0.05) is 23.7 Å². The Bertz CT molecular complexity index is 1480. The molecule has 4 aromatic rings. The Hall–Kier alpha value is -3.97. The third-order valence-corrected chi connectivity index (χ3v) is 5.82. The number of methoxy groups -OCH3 is 1. The fraction of sp³-hybridized carbons (Fsp3) is 0.0800. The summed E-state index contributed by atoms with van der Waals surface area (Å²) in [6.45, 7) is 0. The van der Waals surface area contributed by atoms with E-state index in [0.717, 1.165) is 0 Å². The number of anilines is 1. The fourth-order valence-electron chi connectivity index (χ4n) is 4.05. The van der Waals surface area contributed by atoms with Crippen LogP contribution in [0.15, 0.2) is 75.9 Å². The van der Waals surface area contributed by atoms with Crippen molar-refractivity contribution in [2.45, 2.75) is 6.04 Å². The van der Waals surface area contributed by atoms with E-state index in [4.69, 9.17) is 20.8 Å². The number of carbonyl (C=O) groups is 2. The van der Waals surface area contributed by atoms with Crippen molar-refractivity contribution in [3.63, 3.8) is 0 Å². The molecule has 33 heavy (non-hydrogen) atoms. The van der Waals surface area contributed by atoms with Gasteiger partial charge in [0.05, 0.1) is 29.7 Å². The zero-order chi connectivity index (χ0) is 23.3. The lowest BCUT2D eigenvalue weighted by molar-refractivity contribution is 0.0600. The first-order valence-electron chi connectivity index (χ1n) is 9.92. The SMILES string of the molecule is COC(=O)c1ccc(C2c3c(oc4ccc(Cl)cc4c3=O)C(=O)N2c2ccc(F)cc2)cc1. The van der Waals surface area contributed by atoms with E-state index in [9.17, 15) is 18.8 Å². The highest BCUT2D eigenvalue weighted by Crippen LogP contribution is 2.41. The third kappa shape index (κ3) is 3.37. The van der Waals surface area contributed by atoms with Gasteiger partial charge >= 0.3 is 5.97 Å². The summed E-state index contributed by atoms with van der Waals surface area (Å²) < 4.78 is 24.2. The summed E-state index contributed by atoms with van der Waals surface area (Å²) in [5, 5.41) is 0.597. The molecule has 0 N–H and O–H groups in total. The number of rotatable bonds is 3. The second-order valence-electron chi connectivity index (χ2n) is 7.48. The molecular weight excluding hydrogens is 449 g/mol. The molecule has 0 saturated heterocycles. The van der Waals surface area contributed by atoms with Crippen molar-refractivity contribution < 1.29 is 23.1 Å². The molecule has 1 atom stereocenters. The topological polar surface area (TPSA) is 76.8 Å². The van der Waals surface area contributed by atoms with Crippen molar-refractivity contribution in [1.82, 2.24) is 0 Å². The highest BCUT2D eigenvalue weighted by molar-refractivity contribution is 6.31. The maximum atomic E-state index is 13.6. The summed E-state index contributed by atoms with van der Waals surface area (Å²) in [5.74, 6) is -1.61. The first kappa shape index (κ1) is 20.9. The van der Waals surface area contributed by atoms with Crippen LogP contribution in [-0.4, -0.2) is 19.0 Å². The van der Waals surface area contributed by atoms with Gasteiger partial charge in [-0.25, -0.2) is 9.18 Å². The maximum Gasteiger partial charge on any atom is 0.337 e. The quantitative estimate of drug-likeness (QED) is 0.394. The second kappa shape index (κ2) is 7.86. The van der Waals surface area contributed by atoms with Crippen LogP contribution in [-0.2, 0) is 4.74 Å². The lowest BCUT2D eigenvalue weighted by atomic mass is 9.97. The van der Waals surface area contributed by atoms with E-state index in [2.05, 4.69) is 0 Å². The predicted molar refractivity (Wildman–Crippen MR) is 120 cm³/mol. The molecule has 0 spiro atoms. The minimum atomic E-state index is -0.857. The molecule has 1 unspecified atom stereocenters. The van der Waals surface area contributed by atoms with Crippen LogP contribution in [0.25, 0.3) is 11.0 Å². The molecule has 0 radical (unpaired) electrons. The van der Waals surface area contributed by atoms with E-state index in [1.807, 2.05) is 0 Å². The maximum absolute atomic E-state index is 13.6. The first-order chi connectivity index (χ1) is 15.9. The Morgan fingerprint density at radius 1 is 1.03 bits per heavy atom. The normalized spacial score (nSPS) is 15.1. The molecule has 5 rings (SSSR count). The minimum absolute atomic E-state index is 0.0961. The number of ether oxygens (including phenoxy) is 1. The molecular formula is C25H15ClFNO5. The van der Waals surface area contributed by atoms with Gasteiger partial charge < -0.3 is 9.15 Å². The number of carbonyl (C=O) groups excluding carboxylic acids is 2. The van der Waals surface area contributed by atoms with Crippen molar-refractivity contribution in [1.29, 1.82) is 0 Å². The van der Waals surface area contributed by atoms with Crippen molar-refractivity contribution in [2.75, 3.05) is 12.0 Å². The van der Waals surface area contributed by atoms with Crippen LogP contribution >= 0.6 is 11.6 Å². The van der Waals surface area contributed by atoms with Crippen molar-refractivity contribution in [2.24, 2.45) is 0 Å². The molecule has 0 fully saturated rings. The number of hydrogen-bond acceptors (Lipinski definition) is 5. The molecule has 6 nitrogen and oxygen atoms in total. The van der Waals surface area contributed by atoms with E-state index in [-0.39, 0.29) is 22.3 Å². The molecule has 0 saturated carbocycles. The summed E-state index contributed by atoms with van der Waals surface area (Å²) >= 11 is 6.09.